The van der Waals surface area contributed by atoms with Gasteiger partial charge >= 0.3 is 0 Å². The average Bonchev–Trinajstić information content (AvgIpc) is 2.69. The maximum absolute atomic E-state index is 5.61. The number of hydrogen-bond acceptors (Lipinski definition) is 2. The molecule has 1 aliphatic carbocycles. The van der Waals surface area contributed by atoms with Crippen molar-refractivity contribution in [3.05, 3.63) is 0 Å². The number of nitrogens with one attached hydrogen (secondary N) is 1. The Balaban J connectivity index is 1.81. The maximum atomic E-state index is 5.61. The summed E-state index contributed by atoms with van der Waals surface area (Å²) in [6.07, 6.45) is 1.91. The Labute approximate surface area is 61.9 Å². The van der Waals surface area contributed by atoms with Crippen LogP contribution in [-0.4, -0.2) is 25.8 Å². The Morgan fingerprint density at radius 1 is 1.50 bits per heavy atom. The van der Waals surface area contributed by atoms with E-state index < -0.39 is 0 Å². The molecule has 0 amide bonds. The second-order valence-electron chi connectivity index (χ2n) is 3.49. The summed E-state index contributed by atoms with van der Waals surface area (Å²) >= 11 is 0. The standard InChI is InChI=1S/C8H15NO/c1-6-4-7(6)8-5-9-2-3-10-8/h6-9H,2-5H2,1H3. The first-order valence-electron chi connectivity index (χ1n) is 4.20. The van der Waals surface area contributed by atoms with Gasteiger partial charge in [0.2, 0.25) is 0 Å². The molecular weight excluding hydrogens is 126 g/mol. The van der Waals surface area contributed by atoms with E-state index in [2.05, 4.69) is 12.2 Å². The number of ether oxygens (including phenoxy) is 1. The minimum absolute atomic E-state index is 0.531. The molecule has 0 aromatic carbocycles. The maximum Gasteiger partial charge on any atom is 0.0730 e. The van der Waals surface area contributed by atoms with Crippen molar-refractivity contribution in [3.63, 3.8) is 0 Å². The highest BCUT2D eigenvalue weighted by Gasteiger charge is 2.40. The summed E-state index contributed by atoms with van der Waals surface area (Å²) in [4.78, 5) is 0. The summed E-state index contributed by atoms with van der Waals surface area (Å²) in [6, 6.07) is 0. The third-order valence-corrected chi connectivity index (χ3v) is 2.61. The molecule has 2 rings (SSSR count). The molecule has 0 bridgehead atoms. The second kappa shape index (κ2) is 2.51. The largest absolute Gasteiger partial charge is 0.375 e. The lowest BCUT2D eigenvalue weighted by Crippen LogP contribution is -2.39. The van der Waals surface area contributed by atoms with Crippen LogP contribution in [0, 0.1) is 11.8 Å². The van der Waals surface area contributed by atoms with E-state index in [1.807, 2.05) is 0 Å². The molecule has 2 heteroatoms. The van der Waals surface area contributed by atoms with Crippen molar-refractivity contribution in [3.8, 4) is 0 Å². The van der Waals surface area contributed by atoms with Gasteiger partial charge < -0.3 is 10.1 Å². The van der Waals surface area contributed by atoms with Crippen LogP contribution >= 0.6 is 0 Å². The van der Waals surface area contributed by atoms with E-state index in [0.717, 1.165) is 31.5 Å². The van der Waals surface area contributed by atoms with Gasteiger partial charge in [-0.2, -0.15) is 0 Å². The van der Waals surface area contributed by atoms with E-state index in [1.165, 1.54) is 6.42 Å². The number of hydrogen-bond donors (Lipinski definition) is 1. The zero-order valence-corrected chi connectivity index (χ0v) is 6.47. The van der Waals surface area contributed by atoms with Crippen molar-refractivity contribution in [1.29, 1.82) is 0 Å². The Morgan fingerprint density at radius 3 is 2.80 bits per heavy atom. The van der Waals surface area contributed by atoms with Gasteiger partial charge in [0.15, 0.2) is 0 Å². The van der Waals surface area contributed by atoms with Crippen LogP contribution in [0.25, 0.3) is 0 Å². The first-order chi connectivity index (χ1) is 4.88. The van der Waals surface area contributed by atoms with Crippen LogP contribution in [0.3, 0.4) is 0 Å². The fraction of sp³-hybridized carbons (Fsp3) is 1.00. The second-order valence-corrected chi connectivity index (χ2v) is 3.49. The van der Waals surface area contributed by atoms with Gasteiger partial charge in [-0.05, 0) is 18.3 Å². The topological polar surface area (TPSA) is 21.3 Å². The molecule has 2 fully saturated rings. The van der Waals surface area contributed by atoms with E-state index in [1.54, 1.807) is 0 Å². The van der Waals surface area contributed by atoms with Crippen LogP contribution in [0.1, 0.15) is 13.3 Å². The van der Waals surface area contributed by atoms with E-state index in [4.69, 9.17) is 4.74 Å². The molecule has 0 spiro atoms. The minimum Gasteiger partial charge on any atom is -0.375 e. The number of rotatable bonds is 1. The molecule has 3 atom stereocenters. The summed E-state index contributed by atoms with van der Waals surface area (Å²) in [5.74, 6) is 1.79. The molecule has 0 radical (unpaired) electrons. The zero-order valence-electron chi connectivity index (χ0n) is 6.47. The molecule has 1 saturated heterocycles. The summed E-state index contributed by atoms with van der Waals surface area (Å²) in [6.45, 7) is 5.34. The van der Waals surface area contributed by atoms with Crippen LogP contribution in [0.4, 0.5) is 0 Å². The highest BCUT2D eigenvalue weighted by Crippen LogP contribution is 2.41. The highest BCUT2D eigenvalue weighted by atomic mass is 16.5. The molecular formula is C8H15NO. The molecule has 3 unspecified atom stereocenters. The van der Waals surface area contributed by atoms with Crippen LogP contribution in [0.2, 0.25) is 0 Å². The van der Waals surface area contributed by atoms with Crippen molar-refractivity contribution >= 4 is 0 Å². The van der Waals surface area contributed by atoms with Gasteiger partial charge in [-0.15, -0.1) is 0 Å². The first-order valence-corrected chi connectivity index (χ1v) is 4.20. The molecule has 0 aromatic heterocycles. The van der Waals surface area contributed by atoms with E-state index in [9.17, 15) is 0 Å². The van der Waals surface area contributed by atoms with Gasteiger partial charge in [0.25, 0.3) is 0 Å². The molecule has 1 saturated carbocycles. The van der Waals surface area contributed by atoms with Crippen molar-refractivity contribution in [2.75, 3.05) is 19.7 Å². The Kier molecular flexibility index (Phi) is 1.66. The molecule has 1 aliphatic heterocycles. The molecule has 2 aliphatic rings. The van der Waals surface area contributed by atoms with E-state index in [-0.39, 0.29) is 0 Å². The lowest BCUT2D eigenvalue weighted by molar-refractivity contribution is 0.0121. The van der Waals surface area contributed by atoms with E-state index in [0.29, 0.717) is 6.10 Å². The third-order valence-electron chi connectivity index (χ3n) is 2.61. The lowest BCUT2D eigenvalue weighted by Gasteiger charge is -2.23. The average molecular weight is 141 g/mol. The normalized spacial score (nSPS) is 47.1. The highest BCUT2D eigenvalue weighted by molar-refractivity contribution is 4.91. The summed E-state index contributed by atoms with van der Waals surface area (Å²) in [7, 11) is 0. The van der Waals surface area contributed by atoms with Gasteiger partial charge in [0.1, 0.15) is 0 Å². The monoisotopic (exact) mass is 141 g/mol. The zero-order chi connectivity index (χ0) is 6.97. The lowest BCUT2D eigenvalue weighted by atomic mass is 10.2. The molecule has 2 nitrogen and oxygen atoms in total. The van der Waals surface area contributed by atoms with Crippen molar-refractivity contribution in [2.45, 2.75) is 19.4 Å². The summed E-state index contributed by atoms with van der Waals surface area (Å²) < 4.78 is 5.61. The molecule has 0 aromatic rings. The van der Waals surface area contributed by atoms with Crippen molar-refractivity contribution in [1.82, 2.24) is 5.32 Å². The smallest absolute Gasteiger partial charge is 0.0730 e. The quantitative estimate of drug-likeness (QED) is 0.578. The fourth-order valence-corrected chi connectivity index (χ4v) is 1.73. The van der Waals surface area contributed by atoms with E-state index >= 15 is 0 Å². The number of morpholine rings is 1. The van der Waals surface area contributed by atoms with Gasteiger partial charge in [-0.1, -0.05) is 6.92 Å². The fourth-order valence-electron chi connectivity index (χ4n) is 1.73. The van der Waals surface area contributed by atoms with Gasteiger partial charge in [-0.25, -0.2) is 0 Å². The summed E-state index contributed by atoms with van der Waals surface area (Å²) in [5, 5.41) is 3.35. The minimum atomic E-state index is 0.531. The SMILES string of the molecule is CC1CC1C1CNCCO1. The Bertz CT molecular complexity index is 120. The Hall–Kier alpha value is -0.0800. The molecule has 1 heterocycles. The van der Waals surface area contributed by atoms with Crippen molar-refractivity contribution in [2.24, 2.45) is 11.8 Å². The van der Waals surface area contributed by atoms with Crippen LogP contribution in [0.15, 0.2) is 0 Å². The third kappa shape index (κ3) is 1.18. The Morgan fingerprint density at radius 2 is 2.30 bits per heavy atom. The van der Waals surface area contributed by atoms with Gasteiger partial charge in [0.05, 0.1) is 12.7 Å². The van der Waals surface area contributed by atoms with Crippen molar-refractivity contribution < 1.29 is 4.74 Å². The predicted octanol–water partition coefficient (Wildman–Crippen LogP) is 0.631. The molecule has 10 heavy (non-hydrogen) atoms. The summed E-state index contributed by atoms with van der Waals surface area (Å²) in [5.41, 5.74) is 0. The predicted molar refractivity (Wildman–Crippen MR) is 39.9 cm³/mol. The first kappa shape index (κ1) is 6.62. The molecule has 58 valence electrons. The van der Waals surface area contributed by atoms with Crippen LogP contribution < -0.4 is 5.32 Å². The van der Waals surface area contributed by atoms with Crippen LogP contribution in [-0.2, 0) is 4.74 Å². The van der Waals surface area contributed by atoms with Gasteiger partial charge in [0, 0.05) is 13.1 Å². The molecule has 1 N–H and O–H groups in total. The van der Waals surface area contributed by atoms with Crippen LogP contribution in [0.5, 0.6) is 0 Å². The van der Waals surface area contributed by atoms with Gasteiger partial charge in [-0.3, -0.25) is 0 Å².